The molecule has 0 saturated heterocycles. The van der Waals surface area contributed by atoms with Gasteiger partial charge in [-0.25, -0.2) is 4.79 Å². The summed E-state index contributed by atoms with van der Waals surface area (Å²) >= 11 is 0. The zero-order valence-electron chi connectivity index (χ0n) is 12.9. The van der Waals surface area contributed by atoms with Crippen LogP contribution in [0.25, 0.3) is 0 Å². The summed E-state index contributed by atoms with van der Waals surface area (Å²) in [5.74, 6) is 3.30. The second-order valence-corrected chi connectivity index (χ2v) is 6.97. The van der Waals surface area contributed by atoms with Crippen LogP contribution in [0.1, 0.15) is 25.3 Å². The average Bonchev–Trinajstić information content (AvgIpc) is 3.19. The standard InChI is InChI=1S/C19H22O3/c1-12-7-8-15-16-9-14(18(12)15)10-17(16)22-19(20)21-11-13-5-3-2-4-6-13/h2-8,12,14-18H,9-11H2,1H3. The molecular formula is C19H22O3. The molecule has 1 aromatic rings. The Kier molecular flexibility index (Phi) is 3.44. The Morgan fingerprint density at radius 2 is 2.00 bits per heavy atom. The zero-order chi connectivity index (χ0) is 15.1. The fourth-order valence-corrected chi connectivity index (χ4v) is 4.88. The number of fused-ring (bicyclic) bond motifs is 5. The molecule has 2 saturated carbocycles. The van der Waals surface area contributed by atoms with Crippen LogP contribution in [0.5, 0.6) is 0 Å². The molecular weight excluding hydrogens is 276 g/mol. The second-order valence-electron chi connectivity index (χ2n) is 6.97. The number of carbonyl (C=O) groups excluding carboxylic acids is 1. The SMILES string of the molecule is CC1C=CC2C3CC(CC3OC(=O)OCc3ccccc3)C12. The number of rotatable bonds is 3. The van der Waals surface area contributed by atoms with Crippen molar-refractivity contribution in [1.29, 1.82) is 0 Å². The van der Waals surface area contributed by atoms with E-state index in [0.717, 1.165) is 17.9 Å². The molecule has 0 aromatic heterocycles. The molecule has 6 atom stereocenters. The monoisotopic (exact) mass is 298 g/mol. The molecule has 1 aromatic carbocycles. The minimum absolute atomic E-state index is 0.0458. The van der Waals surface area contributed by atoms with E-state index >= 15 is 0 Å². The van der Waals surface area contributed by atoms with Crippen LogP contribution in [0, 0.1) is 29.6 Å². The van der Waals surface area contributed by atoms with E-state index in [0.29, 0.717) is 23.7 Å². The topological polar surface area (TPSA) is 35.5 Å². The third-order valence-corrected chi connectivity index (χ3v) is 5.76. The molecule has 3 aliphatic carbocycles. The molecule has 3 nitrogen and oxygen atoms in total. The maximum absolute atomic E-state index is 11.9. The number of hydrogen-bond acceptors (Lipinski definition) is 3. The van der Waals surface area contributed by atoms with Gasteiger partial charge in [-0.1, -0.05) is 49.4 Å². The molecule has 6 unspecified atom stereocenters. The van der Waals surface area contributed by atoms with Gasteiger partial charge < -0.3 is 9.47 Å². The summed E-state index contributed by atoms with van der Waals surface area (Å²) in [6.07, 6.45) is 6.44. The summed E-state index contributed by atoms with van der Waals surface area (Å²) in [6, 6.07) is 9.71. The van der Waals surface area contributed by atoms with Gasteiger partial charge in [0.05, 0.1) is 0 Å². The summed E-state index contributed by atoms with van der Waals surface area (Å²) in [5.41, 5.74) is 0.986. The third-order valence-electron chi connectivity index (χ3n) is 5.76. The van der Waals surface area contributed by atoms with Gasteiger partial charge in [0.2, 0.25) is 0 Å². The Balaban J connectivity index is 1.32. The Labute approximate surface area is 131 Å². The van der Waals surface area contributed by atoms with Gasteiger partial charge in [-0.15, -0.1) is 0 Å². The molecule has 116 valence electrons. The lowest BCUT2D eigenvalue weighted by Gasteiger charge is -2.32. The first kappa shape index (κ1) is 13.9. The highest BCUT2D eigenvalue weighted by Crippen LogP contribution is 2.58. The molecule has 2 fully saturated rings. The van der Waals surface area contributed by atoms with E-state index in [2.05, 4.69) is 19.1 Å². The van der Waals surface area contributed by atoms with Crippen molar-refractivity contribution >= 4 is 6.16 Å². The fourth-order valence-electron chi connectivity index (χ4n) is 4.88. The molecule has 3 aliphatic rings. The van der Waals surface area contributed by atoms with Gasteiger partial charge in [-0.3, -0.25) is 0 Å². The maximum Gasteiger partial charge on any atom is 0.508 e. The predicted octanol–water partition coefficient (Wildman–Crippen LogP) is 4.19. The first-order valence-electron chi connectivity index (χ1n) is 8.28. The number of benzene rings is 1. The van der Waals surface area contributed by atoms with Gasteiger partial charge in [-0.05, 0) is 42.1 Å². The molecule has 0 heterocycles. The summed E-state index contributed by atoms with van der Waals surface area (Å²) in [5, 5.41) is 0. The van der Waals surface area contributed by atoms with E-state index in [-0.39, 0.29) is 12.7 Å². The van der Waals surface area contributed by atoms with Crippen LogP contribution in [0.3, 0.4) is 0 Å². The fraction of sp³-hybridized carbons (Fsp3) is 0.526. The number of ether oxygens (including phenoxy) is 2. The van der Waals surface area contributed by atoms with Crippen LogP contribution in [0.2, 0.25) is 0 Å². The van der Waals surface area contributed by atoms with Gasteiger partial charge in [0.1, 0.15) is 12.7 Å². The van der Waals surface area contributed by atoms with Gasteiger partial charge >= 0.3 is 6.16 Å². The Morgan fingerprint density at radius 1 is 1.18 bits per heavy atom. The largest absolute Gasteiger partial charge is 0.508 e. The summed E-state index contributed by atoms with van der Waals surface area (Å²) in [6.45, 7) is 2.59. The summed E-state index contributed by atoms with van der Waals surface area (Å²) in [4.78, 5) is 11.9. The summed E-state index contributed by atoms with van der Waals surface area (Å²) in [7, 11) is 0. The number of hydrogen-bond donors (Lipinski definition) is 0. The molecule has 0 N–H and O–H groups in total. The molecule has 0 spiro atoms. The van der Waals surface area contributed by atoms with Crippen molar-refractivity contribution in [2.45, 2.75) is 32.5 Å². The highest BCUT2D eigenvalue weighted by atomic mass is 16.7. The van der Waals surface area contributed by atoms with Gasteiger partial charge in [0.25, 0.3) is 0 Å². The van der Waals surface area contributed by atoms with Crippen molar-refractivity contribution in [2.75, 3.05) is 0 Å². The minimum Gasteiger partial charge on any atom is -0.431 e. The number of carbonyl (C=O) groups is 1. The van der Waals surface area contributed by atoms with E-state index in [1.165, 1.54) is 6.42 Å². The lowest BCUT2D eigenvalue weighted by molar-refractivity contribution is -0.0134. The van der Waals surface area contributed by atoms with E-state index in [1.807, 2.05) is 30.3 Å². The van der Waals surface area contributed by atoms with Crippen LogP contribution < -0.4 is 0 Å². The van der Waals surface area contributed by atoms with Gasteiger partial charge in [0.15, 0.2) is 0 Å². The van der Waals surface area contributed by atoms with E-state index in [9.17, 15) is 4.79 Å². The molecule has 0 radical (unpaired) electrons. The predicted molar refractivity (Wildman–Crippen MR) is 83.0 cm³/mol. The quantitative estimate of drug-likeness (QED) is 0.620. The van der Waals surface area contributed by atoms with E-state index in [4.69, 9.17) is 9.47 Å². The first-order valence-corrected chi connectivity index (χ1v) is 8.28. The second kappa shape index (κ2) is 5.45. The smallest absolute Gasteiger partial charge is 0.431 e. The highest BCUT2D eigenvalue weighted by molar-refractivity contribution is 5.60. The van der Waals surface area contributed by atoms with E-state index < -0.39 is 6.16 Å². The maximum atomic E-state index is 11.9. The van der Waals surface area contributed by atoms with E-state index in [1.54, 1.807) is 0 Å². The van der Waals surface area contributed by atoms with Crippen molar-refractivity contribution in [3.63, 3.8) is 0 Å². The minimum atomic E-state index is -0.520. The first-order chi connectivity index (χ1) is 10.7. The van der Waals surface area contributed by atoms with Crippen LogP contribution in [-0.2, 0) is 16.1 Å². The molecule has 2 bridgehead atoms. The molecule has 3 heteroatoms. The summed E-state index contributed by atoms with van der Waals surface area (Å²) < 4.78 is 10.9. The van der Waals surface area contributed by atoms with Crippen molar-refractivity contribution < 1.29 is 14.3 Å². The Hall–Kier alpha value is -1.77. The van der Waals surface area contributed by atoms with Crippen molar-refractivity contribution in [3.8, 4) is 0 Å². The third kappa shape index (κ3) is 2.33. The van der Waals surface area contributed by atoms with Crippen molar-refractivity contribution in [3.05, 3.63) is 48.0 Å². The number of allylic oxidation sites excluding steroid dienone is 2. The normalized spacial score (nSPS) is 38.0. The van der Waals surface area contributed by atoms with Crippen molar-refractivity contribution in [1.82, 2.24) is 0 Å². The highest BCUT2D eigenvalue weighted by Gasteiger charge is 2.55. The lowest BCUT2D eigenvalue weighted by atomic mass is 9.76. The molecule has 22 heavy (non-hydrogen) atoms. The van der Waals surface area contributed by atoms with Gasteiger partial charge in [-0.2, -0.15) is 0 Å². The van der Waals surface area contributed by atoms with Crippen LogP contribution >= 0.6 is 0 Å². The Bertz CT molecular complexity index is 580. The Morgan fingerprint density at radius 3 is 2.82 bits per heavy atom. The molecule has 0 amide bonds. The van der Waals surface area contributed by atoms with Crippen LogP contribution in [-0.4, -0.2) is 12.3 Å². The average molecular weight is 298 g/mol. The van der Waals surface area contributed by atoms with Crippen molar-refractivity contribution in [2.24, 2.45) is 29.6 Å². The lowest BCUT2D eigenvalue weighted by Crippen LogP contribution is -2.33. The van der Waals surface area contributed by atoms with Crippen LogP contribution in [0.4, 0.5) is 4.79 Å². The molecule has 4 rings (SSSR count). The molecule has 0 aliphatic heterocycles. The zero-order valence-corrected chi connectivity index (χ0v) is 12.9. The van der Waals surface area contributed by atoms with Crippen LogP contribution in [0.15, 0.2) is 42.5 Å². The van der Waals surface area contributed by atoms with Gasteiger partial charge in [0, 0.05) is 5.92 Å².